The van der Waals surface area contributed by atoms with E-state index in [1.807, 2.05) is 21.6 Å². The zero-order valence-electron chi connectivity index (χ0n) is 22.8. The molecule has 1 amide bonds. The smallest absolute Gasteiger partial charge is 0.326 e. The number of nitrogens with zero attached hydrogens (tertiary/aromatic N) is 1. The van der Waals surface area contributed by atoms with Crippen molar-refractivity contribution >= 4 is 46.8 Å². The predicted molar refractivity (Wildman–Crippen MR) is 152 cm³/mol. The van der Waals surface area contributed by atoms with E-state index < -0.39 is 37.5 Å². The van der Waals surface area contributed by atoms with E-state index >= 15 is 0 Å². The third-order valence-electron chi connectivity index (χ3n) is 7.82. The number of esters is 1. The van der Waals surface area contributed by atoms with E-state index in [1.165, 1.54) is 11.3 Å². The number of nitrogens with two attached hydrogens (primary N) is 1. The van der Waals surface area contributed by atoms with Gasteiger partial charge in [0, 0.05) is 36.2 Å². The number of amides is 1. The summed E-state index contributed by atoms with van der Waals surface area (Å²) in [5.41, 5.74) is 5.47. The first kappa shape index (κ1) is 31.8. The van der Waals surface area contributed by atoms with Gasteiger partial charge >= 0.3 is 11.9 Å². The molecule has 0 bridgehead atoms. The van der Waals surface area contributed by atoms with Crippen LogP contribution in [0.3, 0.4) is 0 Å². The van der Waals surface area contributed by atoms with Gasteiger partial charge in [-0.3, -0.25) is 18.7 Å². The Labute approximate surface area is 234 Å². The van der Waals surface area contributed by atoms with E-state index in [0.717, 1.165) is 44.3 Å². The van der Waals surface area contributed by atoms with Crippen LogP contribution in [0.15, 0.2) is 0 Å². The maximum Gasteiger partial charge on any atom is 0.326 e. The summed E-state index contributed by atoms with van der Waals surface area (Å²) < 4.78 is 25.7. The van der Waals surface area contributed by atoms with Crippen molar-refractivity contribution in [2.24, 2.45) is 23.5 Å². The number of ether oxygens (including phenoxy) is 1. The predicted octanol–water partition coefficient (Wildman–Crippen LogP) is 4.97. The molecule has 1 saturated carbocycles. The first-order valence-corrected chi connectivity index (χ1v) is 18.5. The largest absolute Gasteiger partial charge is 0.480 e. The Kier molecular flexibility index (Phi) is 12.8. The molecule has 3 fully saturated rings. The molecule has 5 unspecified atom stereocenters. The van der Waals surface area contributed by atoms with Crippen molar-refractivity contribution in [2.75, 3.05) is 31.2 Å². The molecule has 0 aromatic carbocycles. The average molecular weight is 593 g/mol. The number of carboxylic acid groups (broad SMARTS) is 1. The third-order valence-corrected chi connectivity index (χ3v) is 13.2. The number of carboxylic acids is 1. The van der Waals surface area contributed by atoms with E-state index in [0.29, 0.717) is 30.6 Å². The van der Waals surface area contributed by atoms with Crippen LogP contribution in [0.5, 0.6) is 0 Å². The molecule has 12 heteroatoms. The van der Waals surface area contributed by atoms with Crippen LogP contribution < -0.4 is 5.73 Å². The maximum absolute atomic E-state index is 14.2. The molecule has 9 nitrogen and oxygen atoms in total. The highest BCUT2D eigenvalue weighted by molar-refractivity contribution is 8.77. The van der Waals surface area contributed by atoms with Gasteiger partial charge in [0.2, 0.25) is 19.6 Å². The summed E-state index contributed by atoms with van der Waals surface area (Å²) in [6.07, 6.45) is 7.44. The highest BCUT2D eigenvalue weighted by atomic mass is 33.1. The maximum atomic E-state index is 14.2. The number of carbonyl (C=O) groups is 3. The van der Waals surface area contributed by atoms with Gasteiger partial charge in [-0.15, -0.1) is 0 Å². The van der Waals surface area contributed by atoms with E-state index in [4.69, 9.17) is 15.0 Å². The topological polar surface area (TPSA) is 136 Å². The highest BCUT2D eigenvalue weighted by Gasteiger charge is 2.44. The number of rotatable bonds is 14. The Balaban J connectivity index is 1.73. The summed E-state index contributed by atoms with van der Waals surface area (Å²) in [5, 5.41) is 10.4. The van der Waals surface area contributed by atoms with Crippen LogP contribution in [0, 0.1) is 17.8 Å². The number of likely N-dealkylation sites (tertiary alicyclic amines) is 1. The normalized spacial score (nSPS) is 26.8. The first-order chi connectivity index (χ1) is 18.1. The summed E-state index contributed by atoms with van der Waals surface area (Å²) in [5.74, 6) is -0.596. The van der Waals surface area contributed by atoms with Crippen molar-refractivity contribution in [1.29, 1.82) is 0 Å². The summed E-state index contributed by atoms with van der Waals surface area (Å²) >= 11 is 0. The van der Waals surface area contributed by atoms with E-state index in [-0.39, 0.29) is 37.1 Å². The number of hydrogen-bond acceptors (Lipinski definition) is 9. The molecule has 38 heavy (non-hydrogen) atoms. The minimum atomic E-state index is -3.59. The second-order valence-electron chi connectivity index (χ2n) is 11.2. The van der Waals surface area contributed by atoms with Crippen LogP contribution in [0.2, 0.25) is 0 Å². The van der Waals surface area contributed by atoms with Crippen molar-refractivity contribution in [3.05, 3.63) is 0 Å². The molecule has 0 aromatic rings. The molecular formula is C26H45N2O7PS2. The van der Waals surface area contributed by atoms with Gasteiger partial charge in [0.15, 0.2) is 0 Å². The van der Waals surface area contributed by atoms with Gasteiger partial charge in [-0.25, -0.2) is 4.79 Å². The van der Waals surface area contributed by atoms with Gasteiger partial charge in [-0.1, -0.05) is 67.5 Å². The van der Waals surface area contributed by atoms with Gasteiger partial charge in [0.05, 0.1) is 6.42 Å². The summed E-state index contributed by atoms with van der Waals surface area (Å²) in [6, 6.07) is -0.905. The minimum absolute atomic E-state index is 0.0169. The molecule has 2 aliphatic heterocycles. The van der Waals surface area contributed by atoms with Gasteiger partial charge in [0.1, 0.15) is 12.2 Å². The summed E-state index contributed by atoms with van der Waals surface area (Å²) in [7, 11) is 0.0949. The lowest BCUT2D eigenvalue weighted by Crippen LogP contribution is -2.42. The SMILES string of the molecule is CC(C)C(OC(=O)CCN)OP(=O)(CCCC1CCSS1)CC(=O)N1CC(C2CCCCC2)CC1C(=O)O. The van der Waals surface area contributed by atoms with Crippen molar-refractivity contribution in [1.82, 2.24) is 4.90 Å². The van der Waals surface area contributed by atoms with Crippen LogP contribution >= 0.6 is 29.0 Å². The highest BCUT2D eigenvalue weighted by Crippen LogP contribution is 2.51. The van der Waals surface area contributed by atoms with Gasteiger partial charge in [-0.05, 0) is 37.5 Å². The molecule has 0 aromatic heterocycles. The van der Waals surface area contributed by atoms with E-state index in [1.54, 1.807) is 13.8 Å². The quantitative estimate of drug-likeness (QED) is 0.123. The molecule has 3 aliphatic rings. The van der Waals surface area contributed by atoms with Crippen molar-refractivity contribution in [2.45, 2.75) is 95.6 Å². The Morgan fingerprint density at radius 2 is 1.87 bits per heavy atom. The molecule has 5 atom stereocenters. The van der Waals surface area contributed by atoms with Crippen molar-refractivity contribution in [3.63, 3.8) is 0 Å². The lowest BCUT2D eigenvalue weighted by molar-refractivity contribution is -0.169. The zero-order chi connectivity index (χ0) is 27.7. The van der Waals surface area contributed by atoms with Gasteiger partial charge < -0.3 is 20.5 Å². The Hall–Kier alpha value is -0.740. The molecule has 2 saturated heterocycles. The molecule has 218 valence electrons. The monoisotopic (exact) mass is 592 g/mol. The van der Waals surface area contributed by atoms with Crippen LogP contribution in [-0.2, 0) is 28.2 Å². The van der Waals surface area contributed by atoms with E-state index in [9.17, 15) is 24.1 Å². The molecule has 3 N–H and O–H groups in total. The van der Waals surface area contributed by atoms with Gasteiger partial charge in [0.25, 0.3) is 0 Å². The molecule has 3 rings (SSSR count). The van der Waals surface area contributed by atoms with Crippen molar-refractivity contribution < 1.29 is 33.3 Å². The first-order valence-electron chi connectivity index (χ1n) is 14.1. The molecule has 2 heterocycles. The fraction of sp³-hybridized carbons (Fsp3) is 0.885. The lowest BCUT2D eigenvalue weighted by atomic mass is 9.79. The molecular weight excluding hydrogens is 547 g/mol. The molecule has 1 aliphatic carbocycles. The minimum Gasteiger partial charge on any atom is -0.480 e. The Morgan fingerprint density at radius 3 is 2.47 bits per heavy atom. The fourth-order valence-electron chi connectivity index (χ4n) is 5.69. The number of aliphatic carboxylic acids is 1. The van der Waals surface area contributed by atoms with E-state index in [2.05, 4.69) is 0 Å². The third kappa shape index (κ3) is 9.43. The van der Waals surface area contributed by atoms with Crippen LogP contribution in [0.1, 0.15) is 78.1 Å². The fourth-order valence-corrected chi connectivity index (χ4v) is 11.0. The second kappa shape index (κ2) is 15.3. The summed E-state index contributed by atoms with van der Waals surface area (Å²) in [4.78, 5) is 39.3. The van der Waals surface area contributed by atoms with Crippen molar-refractivity contribution in [3.8, 4) is 0 Å². The standard InChI is InChI=1S/C26H45N2O7PS2/c1-18(2)26(34-24(30)10-12-27)35-36(33,13-6-9-21-11-14-37-38-21)17-23(29)28-16-20(15-22(28)25(31)32)19-7-4-3-5-8-19/h18-22,26H,3-17,27H2,1-2H3,(H,31,32). The Bertz CT molecular complexity index is 849. The average Bonchev–Trinajstić information content (AvgIpc) is 3.55. The molecule has 0 spiro atoms. The number of carbonyl (C=O) groups excluding carboxylic acids is 2. The Morgan fingerprint density at radius 1 is 1.13 bits per heavy atom. The lowest BCUT2D eigenvalue weighted by Gasteiger charge is -2.30. The number of hydrogen-bond donors (Lipinski definition) is 2. The summed E-state index contributed by atoms with van der Waals surface area (Å²) in [6.45, 7) is 4.11. The zero-order valence-corrected chi connectivity index (χ0v) is 25.3. The second-order valence-corrected chi connectivity index (χ2v) is 16.6. The van der Waals surface area contributed by atoms with Crippen LogP contribution in [-0.4, -0.2) is 76.6 Å². The van der Waals surface area contributed by atoms with Crippen LogP contribution in [0.25, 0.3) is 0 Å². The molecule has 0 radical (unpaired) electrons. The van der Waals surface area contributed by atoms with Gasteiger partial charge in [-0.2, -0.15) is 0 Å². The van der Waals surface area contributed by atoms with Crippen LogP contribution in [0.4, 0.5) is 0 Å².